The number of aliphatic hydroxyl groups is 1. The van der Waals surface area contributed by atoms with E-state index in [4.69, 9.17) is 4.74 Å². The van der Waals surface area contributed by atoms with Gasteiger partial charge < -0.3 is 9.84 Å². The van der Waals surface area contributed by atoms with Crippen LogP contribution in [0.25, 0.3) is 0 Å². The summed E-state index contributed by atoms with van der Waals surface area (Å²) in [6.45, 7) is 7.82. The monoisotopic (exact) mass is 300 g/mol. The molecule has 0 saturated heterocycles. The molecule has 1 unspecified atom stereocenters. The number of aliphatic hydroxyl groups excluding tert-OH is 1. The van der Waals surface area contributed by atoms with Gasteiger partial charge in [-0.15, -0.1) is 0 Å². The Bertz CT molecular complexity index is 256. The van der Waals surface area contributed by atoms with Crippen molar-refractivity contribution < 1.29 is 14.6 Å². The van der Waals surface area contributed by atoms with E-state index >= 15 is 0 Å². The second-order valence-electron chi connectivity index (χ2n) is 7.04. The lowest BCUT2D eigenvalue weighted by atomic mass is 10.0. The van der Waals surface area contributed by atoms with Crippen molar-refractivity contribution in [3.63, 3.8) is 0 Å². The summed E-state index contributed by atoms with van der Waals surface area (Å²) in [5, 5.41) is 9.86. The second-order valence-corrected chi connectivity index (χ2v) is 7.04. The van der Waals surface area contributed by atoms with E-state index in [1.54, 1.807) is 0 Å². The Morgan fingerprint density at radius 1 is 0.952 bits per heavy atom. The molecule has 126 valence electrons. The zero-order valence-corrected chi connectivity index (χ0v) is 14.6. The predicted octanol–water partition coefficient (Wildman–Crippen LogP) is 5.00. The van der Waals surface area contributed by atoms with Crippen molar-refractivity contribution in [1.29, 1.82) is 0 Å². The Morgan fingerprint density at radius 3 is 2.00 bits per heavy atom. The standard InChI is InChI=1S/C18H36O3/c1-5-6-7-8-9-10-11-12-13-16(19)14-15-17(20)21-18(2,3)4/h16,19H,5-15H2,1-4H3. The van der Waals surface area contributed by atoms with Crippen LogP contribution in [-0.4, -0.2) is 22.8 Å². The number of rotatable bonds is 12. The van der Waals surface area contributed by atoms with Crippen molar-refractivity contribution in [1.82, 2.24) is 0 Å². The molecular formula is C18H36O3. The third-order valence-electron chi connectivity index (χ3n) is 3.49. The van der Waals surface area contributed by atoms with Crippen molar-refractivity contribution in [2.75, 3.05) is 0 Å². The van der Waals surface area contributed by atoms with Gasteiger partial charge in [0.15, 0.2) is 0 Å². The molecule has 0 fully saturated rings. The Labute approximate surface area is 131 Å². The van der Waals surface area contributed by atoms with E-state index in [9.17, 15) is 9.90 Å². The molecule has 0 aromatic heterocycles. The van der Waals surface area contributed by atoms with E-state index in [0.29, 0.717) is 12.8 Å². The summed E-state index contributed by atoms with van der Waals surface area (Å²) in [6.07, 6.45) is 11.4. The van der Waals surface area contributed by atoms with Crippen LogP contribution in [-0.2, 0) is 9.53 Å². The van der Waals surface area contributed by atoms with Gasteiger partial charge in [-0.1, -0.05) is 58.3 Å². The van der Waals surface area contributed by atoms with Crippen molar-refractivity contribution in [3.8, 4) is 0 Å². The number of unbranched alkanes of at least 4 members (excludes halogenated alkanes) is 7. The maximum atomic E-state index is 11.5. The molecule has 0 amide bonds. The van der Waals surface area contributed by atoms with Gasteiger partial charge in [0.1, 0.15) is 5.60 Å². The quantitative estimate of drug-likeness (QED) is 0.407. The molecule has 0 rings (SSSR count). The van der Waals surface area contributed by atoms with E-state index in [-0.39, 0.29) is 12.1 Å². The molecule has 1 atom stereocenters. The lowest BCUT2D eigenvalue weighted by Gasteiger charge is -2.20. The fraction of sp³-hybridized carbons (Fsp3) is 0.944. The smallest absolute Gasteiger partial charge is 0.306 e. The number of ether oxygens (including phenoxy) is 1. The molecule has 0 radical (unpaired) electrons. The summed E-state index contributed by atoms with van der Waals surface area (Å²) in [4.78, 5) is 11.5. The maximum absolute atomic E-state index is 11.5. The van der Waals surface area contributed by atoms with Gasteiger partial charge in [0.05, 0.1) is 6.10 Å². The van der Waals surface area contributed by atoms with Gasteiger partial charge in [0.25, 0.3) is 0 Å². The van der Waals surface area contributed by atoms with Crippen LogP contribution in [0.3, 0.4) is 0 Å². The predicted molar refractivity (Wildman–Crippen MR) is 88.3 cm³/mol. The molecule has 1 N–H and O–H groups in total. The SMILES string of the molecule is CCCCCCCCCCC(O)CCC(=O)OC(C)(C)C. The first-order valence-electron chi connectivity index (χ1n) is 8.75. The summed E-state index contributed by atoms with van der Waals surface area (Å²) in [5.74, 6) is -0.211. The molecule has 0 aromatic rings. The fourth-order valence-electron chi connectivity index (χ4n) is 2.34. The largest absolute Gasteiger partial charge is 0.460 e. The van der Waals surface area contributed by atoms with Crippen LogP contribution in [0.5, 0.6) is 0 Å². The molecule has 21 heavy (non-hydrogen) atoms. The second kappa shape index (κ2) is 12.0. The molecule has 3 nitrogen and oxygen atoms in total. The number of carbonyl (C=O) groups excluding carboxylic acids is 1. The van der Waals surface area contributed by atoms with Crippen LogP contribution < -0.4 is 0 Å². The van der Waals surface area contributed by atoms with E-state index in [1.807, 2.05) is 20.8 Å². The van der Waals surface area contributed by atoms with Gasteiger partial charge in [0.2, 0.25) is 0 Å². The summed E-state index contributed by atoms with van der Waals surface area (Å²) >= 11 is 0. The van der Waals surface area contributed by atoms with Gasteiger partial charge in [-0.2, -0.15) is 0 Å². The zero-order chi connectivity index (χ0) is 16.1. The zero-order valence-electron chi connectivity index (χ0n) is 14.6. The first-order valence-corrected chi connectivity index (χ1v) is 8.75. The highest BCUT2D eigenvalue weighted by atomic mass is 16.6. The molecule has 0 heterocycles. The van der Waals surface area contributed by atoms with Crippen molar-refractivity contribution >= 4 is 5.97 Å². The normalized spacial score (nSPS) is 13.2. The topological polar surface area (TPSA) is 46.5 Å². The molecule has 0 aliphatic heterocycles. The Hall–Kier alpha value is -0.570. The van der Waals surface area contributed by atoms with Crippen LogP contribution >= 0.6 is 0 Å². The Kier molecular flexibility index (Phi) is 11.7. The first kappa shape index (κ1) is 20.4. The minimum atomic E-state index is -0.431. The van der Waals surface area contributed by atoms with Crippen LogP contribution in [0.1, 0.15) is 98.3 Å². The first-order chi connectivity index (χ1) is 9.85. The maximum Gasteiger partial charge on any atom is 0.306 e. The number of hydrogen-bond acceptors (Lipinski definition) is 3. The van der Waals surface area contributed by atoms with Crippen LogP contribution in [0.2, 0.25) is 0 Å². The lowest BCUT2D eigenvalue weighted by Crippen LogP contribution is -2.24. The molecule has 0 aliphatic carbocycles. The average molecular weight is 300 g/mol. The van der Waals surface area contributed by atoms with Crippen LogP contribution in [0.15, 0.2) is 0 Å². The van der Waals surface area contributed by atoms with Crippen molar-refractivity contribution in [2.24, 2.45) is 0 Å². The number of esters is 1. The van der Waals surface area contributed by atoms with Gasteiger partial charge in [0, 0.05) is 6.42 Å². The summed E-state index contributed by atoms with van der Waals surface area (Å²) in [6, 6.07) is 0. The number of carbonyl (C=O) groups is 1. The molecular weight excluding hydrogens is 264 g/mol. The highest BCUT2D eigenvalue weighted by Crippen LogP contribution is 2.14. The third-order valence-corrected chi connectivity index (χ3v) is 3.49. The Morgan fingerprint density at radius 2 is 1.48 bits per heavy atom. The van der Waals surface area contributed by atoms with E-state index in [2.05, 4.69) is 6.92 Å². The van der Waals surface area contributed by atoms with E-state index in [1.165, 1.54) is 44.9 Å². The van der Waals surface area contributed by atoms with Crippen molar-refractivity contribution in [2.45, 2.75) is 110 Å². The minimum absolute atomic E-state index is 0.211. The fourth-order valence-corrected chi connectivity index (χ4v) is 2.34. The molecule has 3 heteroatoms. The lowest BCUT2D eigenvalue weighted by molar-refractivity contribution is -0.155. The van der Waals surface area contributed by atoms with Gasteiger partial charge in [-0.3, -0.25) is 4.79 Å². The molecule has 0 aliphatic rings. The van der Waals surface area contributed by atoms with Crippen LogP contribution in [0, 0.1) is 0 Å². The Balaban J connectivity index is 3.42. The summed E-state index contributed by atoms with van der Waals surface area (Å²) in [7, 11) is 0. The van der Waals surface area contributed by atoms with Crippen LogP contribution in [0.4, 0.5) is 0 Å². The van der Waals surface area contributed by atoms with Gasteiger partial charge >= 0.3 is 5.97 Å². The molecule has 0 aromatic carbocycles. The van der Waals surface area contributed by atoms with Gasteiger partial charge in [-0.25, -0.2) is 0 Å². The molecule has 0 spiro atoms. The van der Waals surface area contributed by atoms with Gasteiger partial charge in [-0.05, 0) is 33.6 Å². The highest BCUT2D eigenvalue weighted by Gasteiger charge is 2.17. The molecule has 0 bridgehead atoms. The summed E-state index contributed by atoms with van der Waals surface area (Å²) < 4.78 is 5.23. The van der Waals surface area contributed by atoms with E-state index in [0.717, 1.165) is 12.8 Å². The third kappa shape index (κ3) is 15.6. The summed E-state index contributed by atoms with van der Waals surface area (Å²) in [5.41, 5.74) is -0.431. The minimum Gasteiger partial charge on any atom is -0.460 e. The highest BCUT2D eigenvalue weighted by molar-refractivity contribution is 5.69. The molecule has 0 saturated carbocycles. The number of hydrogen-bond donors (Lipinski definition) is 1. The van der Waals surface area contributed by atoms with Crippen molar-refractivity contribution in [3.05, 3.63) is 0 Å². The average Bonchev–Trinajstić information content (AvgIpc) is 2.37. The van der Waals surface area contributed by atoms with E-state index < -0.39 is 5.60 Å².